The lowest BCUT2D eigenvalue weighted by Gasteiger charge is -2.24. The summed E-state index contributed by atoms with van der Waals surface area (Å²) in [7, 11) is 0. The van der Waals surface area contributed by atoms with Gasteiger partial charge in [0.1, 0.15) is 5.82 Å². The van der Waals surface area contributed by atoms with Gasteiger partial charge in [-0.25, -0.2) is 4.98 Å². The average Bonchev–Trinajstić information content (AvgIpc) is 2.17. The summed E-state index contributed by atoms with van der Waals surface area (Å²) in [6, 6.07) is 1.99. The van der Waals surface area contributed by atoms with E-state index in [-0.39, 0.29) is 0 Å². The van der Waals surface area contributed by atoms with Crippen LogP contribution in [0.4, 0.5) is 11.5 Å². The van der Waals surface area contributed by atoms with E-state index in [0.717, 1.165) is 43.0 Å². The molecule has 0 fully saturated rings. The SMILES string of the molecule is CCCN(CCC)c1ncc(N)cc1C. The lowest BCUT2D eigenvalue weighted by atomic mass is 10.2. The molecule has 1 heterocycles. The Labute approximate surface area is 92.3 Å². The summed E-state index contributed by atoms with van der Waals surface area (Å²) < 4.78 is 0. The van der Waals surface area contributed by atoms with Crippen LogP contribution in [0.2, 0.25) is 0 Å². The first kappa shape index (κ1) is 11.8. The number of aromatic nitrogens is 1. The molecule has 84 valence electrons. The Morgan fingerprint density at radius 1 is 1.27 bits per heavy atom. The third-order valence-electron chi connectivity index (χ3n) is 2.36. The normalized spacial score (nSPS) is 10.3. The lowest BCUT2D eigenvalue weighted by molar-refractivity contribution is 0.732. The second-order valence-corrected chi connectivity index (χ2v) is 3.90. The van der Waals surface area contributed by atoms with Crippen molar-refractivity contribution in [2.24, 2.45) is 0 Å². The average molecular weight is 207 g/mol. The van der Waals surface area contributed by atoms with Crippen LogP contribution in [0.15, 0.2) is 12.3 Å². The van der Waals surface area contributed by atoms with Crippen LogP contribution in [0.5, 0.6) is 0 Å². The van der Waals surface area contributed by atoms with E-state index in [0.29, 0.717) is 0 Å². The number of nitrogens with zero attached hydrogens (tertiary/aromatic N) is 2. The smallest absolute Gasteiger partial charge is 0.131 e. The number of anilines is 2. The van der Waals surface area contributed by atoms with Gasteiger partial charge in [0.25, 0.3) is 0 Å². The van der Waals surface area contributed by atoms with Crippen LogP contribution < -0.4 is 10.6 Å². The molecule has 0 aromatic carbocycles. The van der Waals surface area contributed by atoms with Gasteiger partial charge in [-0.1, -0.05) is 13.8 Å². The van der Waals surface area contributed by atoms with E-state index < -0.39 is 0 Å². The van der Waals surface area contributed by atoms with E-state index in [2.05, 4.69) is 30.7 Å². The van der Waals surface area contributed by atoms with E-state index in [9.17, 15) is 0 Å². The van der Waals surface area contributed by atoms with Gasteiger partial charge in [0.2, 0.25) is 0 Å². The minimum Gasteiger partial charge on any atom is -0.397 e. The molecule has 0 saturated heterocycles. The van der Waals surface area contributed by atoms with Crippen molar-refractivity contribution in [3.63, 3.8) is 0 Å². The molecule has 0 spiro atoms. The van der Waals surface area contributed by atoms with Gasteiger partial charge >= 0.3 is 0 Å². The Kier molecular flexibility index (Phi) is 4.40. The van der Waals surface area contributed by atoms with Crippen molar-refractivity contribution < 1.29 is 0 Å². The molecule has 0 saturated carbocycles. The number of hydrogen-bond donors (Lipinski definition) is 1. The predicted octanol–water partition coefficient (Wildman–Crippen LogP) is 2.60. The zero-order chi connectivity index (χ0) is 11.3. The summed E-state index contributed by atoms with van der Waals surface area (Å²) in [5.41, 5.74) is 7.60. The molecular weight excluding hydrogens is 186 g/mol. The highest BCUT2D eigenvalue weighted by atomic mass is 15.2. The van der Waals surface area contributed by atoms with Crippen molar-refractivity contribution in [2.45, 2.75) is 33.6 Å². The summed E-state index contributed by atoms with van der Waals surface area (Å²) >= 11 is 0. The molecule has 1 aromatic heterocycles. The molecule has 1 rings (SSSR count). The molecule has 0 unspecified atom stereocenters. The van der Waals surface area contributed by atoms with Gasteiger partial charge < -0.3 is 10.6 Å². The standard InChI is InChI=1S/C12H21N3/c1-4-6-15(7-5-2)12-10(3)8-11(13)9-14-12/h8-9H,4-7,13H2,1-3H3. The Morgan fingerprint density at radius 3 is 2.33 bits per heavy atom. The van der Waals surface area contributed by atoms with Crippen molar-refractivity contribution in [1.82, 2.24) is 4.98 Å². The molecule has 0 bridgehead atoms. The lowest BCUT2D eigenvalue weighted by Crippen LogP contribution is -2.26. The van der Waals surface area contributed by atoms with Gasteiger partial charge in [-0.2, -0.15) is 0 Å². The highest BCUT2D eigenvalue weighted by Crippen LogP contribution is 2.19. The molecule has 3 nitrogen and oxygen atoms in total. The first-order valence-electron chi connectivity index (χ1n) is 5.66. The molecule has 0 atom stereocenters. The number of pyridine rings is 1. The molecular formula is C12H21N3. The van der Waals surface area contributed by atoms with Gasteiger partial charge in [0.05, 0.1) is 11.9 Å². The van der Waals surface area contributed by atoms with Crippen molar-refractivity contribution in [2.75, 3.05) is 23.7 Å². The van der Waals surface area contributed by atoms with Crippen molar-refractivity contribution in [3.8, 4) is 0 Å². The fourth-order valence-corrected chi connectivity index (χ4v) is 1.78. The molecule has 0 aliphatic rings. The molecule has 0 radical (unpaired) electrons. The highest BCUT2D eigenvalue weighted by Gasteiger charge is 2.08. The van der Waals surface area contributed by atoms with Crippen LogP contribution in [0.3, 0.4) is 0 Å². The second kappa shape index (κ2) is 5.59. The van der Waals surface area contributed by atoms with E-state index in [1.165, 1.54) is 0 Å². The maximum atomic E-state index is 5.69. The number of rotatable bonds is 5. The second-order valence-electron chi connectivity index (χ2n) is 3.90. The quantitative estimate of drug-likeness (QED) is 0.807. The Morgan fingerprint density at radius 2 is 1.87 bits per heavy atom. The summed E-state index contributed by atoms with van der Waals surface area (Å²) in [5, 5.41) is 0. The topological polar surface area (TPSA) is 42.2 Å². The van der Waals surface area contributed by atoms with Crippen LogP contribution in [-0.2, 0) is 0 Å². The third kappa shape index (κ3) is 3.11. The zero-order valence-corrected chi connectivity index (χ0v) is 9.95. The van der Waals surface area contributed by atoms with Crippen LogP contribution in [0, 0.1) is 6.92 Å². The Hall–Kier alpha value is -1.25. The van der Waals surface area contributed by atoms with E-state index in [4.69, 9.17) is 5.73 Å². The highest BCUT2D eigenvalue weighted by molar-refractivity contribution is 5.52. The minimum atomic E-state index is 0.740. The fourth-order valence-electron chi connectivity index (χ4n) is 1.78. The molecule has 2 N–H and O–H groups in total. The van der Waals surface area contributed by atoms with E-state index >= 15 is 0 Å². The number of nitrogens with two attached hydrogens (primary N) is 1. The number of hydrogen-bond acceptors (Lipinski definition) is 3. The first-order chi connectivity index (χ1) is 7.19. The van der Waals surface area contributed by atoms with Crippen molar-refractivity contribution >= 4 is 11.5 Å². The van der Waals surface area contributed by atoms with Crippen LogP contribution in [0.1, 0.15) is 32.3 Å². The van der Waals surface area contributed by atoms with Crippen molar-refractivity contribution in [1.29, 1.82) is 0 Å². The van der Waals surface area contributed by atoms with Gasteiger partial charge in [0, 0.05) is 13.1 Å². The molecule has 1 aromatic rings. The fraction of sp³-hybridized carbons (Fsp3) is 0.583. The molecule has 3 heteroatoms. The summed E-state index contributed by atoms with van der Waals surface area (Å²) in [4.78, 5) is 6.74. The predicted molar refractivity (Wildman–Crippen MR) is 66.2 cm³/mol. The van der Waals surface area contributed by atoms with Crippen LogP contribution in [0.25, 0.3) is 0 Å². The molecule has 0 amide bonds. The van der Waals surface area contributed by atoms with E-state index in [1.807, 2.05) is 6.07 Å². The molecule has 0 aliphatic heterocycles. The maximum absolute atomic E-state index is 5.69. The largest absolute Gasteiger partial charge is 0.397 e. The van der Waals surface area contributed by atoms with Crippen LogP contribution >= 0.6 is 0 Å². The van der Waals surface area contributed by atoms with Gasteiger partial charge in [-0.3, -0.25) is 0 Å². The zero-order valence-electron chi connectivity index (χ0n) is 9.95. The van der Waals surface area contributed by atoms with Gasteiger partial charge in [-0.15, -0.1) is 0 Å². The Balaban J connectivity index is 2.89. The van der Waals surface area contributed by atoms with Gasteiger partial charge in [-0.05, 0) is 31.4 Å². The summed E-state index contributed by atoms with van der Waals surface area (Å²) in [5.74, 6) is 1.08. The summed E-state index contributed by atoms with van der Waals surface area (Å²) in [6.45, 7) is 8.57. The van der Waals surface area contributed by atoms with Crippen LogP contribution in [-0.4, -0.2) is 18.1 Å². The van der Waals surface area contributed by atoms with E-state index in [1.54, 1.807) is 6.20 Å². The third-order valence-corrected chi connectivity index (χ3v) is 2.36. The summed E-state index contributed by atoms with van der Waals surface area (Å²) in [6.07, 6.45) is 4.03. The Bertz CT molecular complexity index is 304. The number of aryl methyl sites for hydroxylation is 1. The van der Waals surface area contributed by atoms with Crippen molar-refractivity contribution in [3.05, 3.63) is 17.8 Å². The monoisotopic (exact) mass is 207 g/mol. The van der Waals surface area contributed by atoms with Gasteiger partial charge in [0.15, 0.2) is 0 Å². The number of nitrogen functional groups attached to an aromatic ring is 1. The first-order valence-corrected chi connectivity index (χ1v) is 5.66. The molecule has 15 heavy (non-hydrogen) atoms. The minimum absolute atomic E-state index is 0.740. The maximum Gasteiger partial charge on any atom is 0.131 e. The molecule has 0 aliphatic carbocycles.